The molecule has 1 saturated carbocycles. The Bertz CT molecular complexity index is 708. The molecule has 2 heterocycles. The number of urea groups is 1. The molecule has 1 aliphatic carbocycles. The summed E-state index contributed by atoms with van der Waals surface area (Å²) in [6.07, 6.45) is 2.55. The number of aromatic nitrogens is 2. The van der Waals surface area contributed by atoms with Crippen LogP contribution in [0.25, 0.3) is 0 Å². The number of aliphatic imine (C=N–C) groups is 2. The van der Waals surface area contributed by atoms with Gasteiger partial charge in [0.25, 0.3) is 11.9 Å². The van der Waals surface area contributed by atoms with E-state index in [0.717, 1.165) is 25.0 Å². The highest BCUT2D eigenvalue weighted by Gasteiger charge is 2.33. The van der Waals surface area contributed by atoms with Crippen LogP contribution in [-0.2, 0) is 4.79 Å². The number of hydrogen-bond donors (Lipinski definition) is 2. The summed E-state index contributed by atoms with van der Waals surface area (Å²) in [5.41, 5.74) is 1.53. The average molecular weight is 337 g/mol. The number of fused-ring (bicyclic) bond motifs is 1. The van der Waals surface area contributed by atoms with Gasteiger partial charge in [-0.15, -0.1) is 11.6 Å². The van der Waals surface area contributed by atoms with Crippen LogP contribution in [0.3, 0.4) is 0 Å². The number of carbonyl (C=O) groups excluding carboxylic acids is 2. The molecule has 3 rings (SSSR count). The van der Waals surface area contributed by atoms with Gasteiger partial charge in [-0.3, -0.25) is 10.1 Å². The highest BCUT2D eigenvalue weighted by atomic mass is 35.5. The van der Waals surface area contributed by atoms with Crippen molar-refractivity contribution < 1.29 is 9.59 Å². The Labute approximate surface area is 138 Å². The lowest BCUT2D eigenvalue weighted by molar-refractivity contribution is -0.119. The van der Waals surface area contributed by atoms with Gasteiger partial charge in [0.05, 0.1) is 11.6 Å². The van der Waals surface area contributed by atoms with Crippen LogP contribution in [0.2, 0.25) is 0 Å². The minimum atomic E-state index is -0.402. The third-order valence-electron chi connectivity index (χ3n) is 3.72. The van der Waals surface area contributed by atoms with E-state index in [1.807, 2.05) is 0 Å². The van der Waals surface area contributed by atoms with E-state index in [-0.39, 0.29) is 17.8 Å². The van der Waals surface area contributed by atoms with Gasteiger partial charge in [0.15, 0.2) is 0 Å². The SMILES string of the molecule is Cc1cc(NC(=O)NCCCl)n(C2=NC(=O)C3CCCC3=N2)n1. The zero-order valence-corrected chi connectivity index (χ0v) is 13.4. The van der Waals surface area contributed by atoms with E-state index < -0.39 is 6.03 Å². The lowest BCUT2D eigenvalue weighted by atomic mass is 10.1. The average Bonchev–Trinajstić information content (AvgIpc) is 3.11. The van der Waals surface area contributed by atoms with Gasteiger partial charge >= 0.3 is 6.03 Å². The normalized spacial score (nSPS) is 19.9. The van der Waals surface area contributed by atoms with Crippen molar-refractivity contribution in [3.63, 3.8) is 0 Å². The lowest BCUT2D eigenvalue weighted by Crippen LogP contribution is -2.33. The molecular weight excluding hydrogens is 320 g/mol. The van der Waals surface area contributed by atoms with Crippen molar-refractivity contribution >= 4 is 41.0 Å². The molecular formula is C14H17ClN6O2. The molecule has 3 amide bonds. The van der Waals surface area contributed by atoms with Gasteiger partial charge in [0.1, 0.15) is 5.82 Å². The Hall–Kier alpha value is -2.22. The largest absolute Gasteiger partial charge is 0.337 e. The molecule has 1 aromatic heterocycles. The van der Waals surface area contributed by atoms with E-state index in [2.05, 4.69) is 25.7 Å². The van der Waals surface area contributed by atoms with Gasteiger partial charge in [-0.1, -0.05) is 0 Å². The Morgan fingerprint density at radius 3 is 3.09 bits per heavy atom. The lowest BCUT2D eigenvalue weighted by Gasteiger charge is -2.15. The Morgan fingerprint density at radius 1 is 1.48 bits per heavy atom. The first-order valence-electron chi connectivity index (χ1n) is 7.46. The van der Waals surface area contributed by atoms with Crippen LogP contribution >= 0.6 is 11.6 Å². The van der Waals surface area contributed by atoms with Crippen LogP contribution in [0.4, 0.5) is 10.6 Å². The summed E-state index contributed by atoms with van der Waals surface area (Å²) in [7, 11) is 0. The topological polar surface area (TPSA) is 101 Å². The maximum atomic E-state index is 12.1. The van der Waals surface area contributed by atoms with Crippen molar-refractivity contribution in [3.05, 3.63) is 11.8 Å². The second-order valence-electron chi connectivity index (χ2n) is 5.45. The number of amides is 3. The molecule has 0 radical (unpaired) electrons. The first kappa shape index (κ1) is 15.7. The zero-order valence-electron chi connectivity index (χ0n) is 12.7. The predicted octanol–water partition coefficient (Wildman–Crippen LogP) is 1.54. The Kier molecular flexibility index (Phi) is 4.42. The van der Waals surface area contributed by atoms with Crippen LogP contribution in [0.15, 0.2) is 16.1 Å². The summed E-state index contributed by atoms with van der Waals surface area (Å²) in [4.78, 5) is 32.4. The number of alkyl halides is 1. The molecule has 0 bridgehead atoms. The Balaban J connectivity index is 1.86. The fourth-order valence-electron chi connectivity index (χ4n) is 2.71. The van der Waals surface area contributed by atoms with Crippen molar-refractivity contribution in [2.45, 2.75) is 26.2 Å². The molecule has 1 atom stereocenters. The number of halogens is 1. The molecule has 0 aromatic carbocycles. The van der Waals surface area contributed by atoms with Crippen LogP contribution in [0, 0.1) is 12.8 Å². The van der Waals surface area contributed by atoms with Gasteiger partial charge in [-0.25, -0.2) is 9.79 Å². The fourth-order valence-corrected chi connectivity index (χ4v) is 2.81. The number of nitrogens with one attached hydrogen (secondary N) is 2. The molecule has 1 unspecified atom stereocenters. The molecule has 23 heavy (non-hydrogen) atoms. The molecule has 1 aliphatic heterocycles. The number of anilines is 1. The smallest absolute Gasteiger partial charge is 0.320 e. The van der Waals surface area contributed by atoms with E-state index in [9.17, 15) is 9.59 Å². The number of nitrogens with zero attached hydrogens (tertiary/aromatic N) is 4. The first-order chi connectivity index (χ1) is 11.1. The second kappa shape index (κ2) is 6.49. The van der Waals surface area contributed by atoms with Crippen molar-refractivity contribution in [1.29, 1.82) is 0 Å². The third-order valence-corrected chi connectivity index (χ3v) is 3.91. The van der Waals surface area contributed by atoms with E-state index in [0.29, 0.717) is 23.9 Å². The van der Waals surface area contributed by atoms with Crippen molar-refractivity contribution in [2.24, 2.45) is 15.9 Å². The van der Waals surface area contributed by atoms with E-state index in [4.69, 9.17) is 11.6 Å². The van der Waals surface area contributed by atoms with Gasteiger partial charge in [0, 0.05) is 24.2 Å². The van der Waals surface area contributed by atoms with Gasteiger partial charge in [0.2, 0.25) is 0 Å². The minimum absolute atomic E-state index is 0.182. The quantitative estimate of drug-likeness (QED) is 0.818. The van der Waals surface area contributed by atoms with Gasteiger partial charge < -0.3 is 5.32 Å². The summed E-state index contributed by atoms with van der Waals surface area (Å²) in [5, 5.41) is 9.54. The standard InChI is InChI=1S/C14H17ClN6O2/c1-8-7-11(18-14(23)16-6-5-15)21(20-8)13-17-10-4-2-3-9(10)12(22)19-13/h7,9H,2-6H2,1H3,(H2,16,18,23). The summed E-state index contributed by atoms with van der Waals surface area (Å²) in [6.45, 7) is 2.14. The molecule has 1 aromatic rings. The maximum Gasteiger partial charge on any atom is 0.320 e. The fraction of sp³-hybridized carbons (Fsp3) is 0.500. The van der Waals surface area contributed by atoms with E-state index in [1.54, 1.807) is 13.0 Å². The highest BCUT2D eigenvalue weighted by molar-refractivity contribution is 6.18. The number of rotatable bonds is 3. The van der Waals surface area contributed by atoms with E-state index >= 15 is 0 Å². The Morgan fingerprint density at radius 2 is 2.30 bits per heavy atom. The third kappa shape index (κ3) is 3.26. The summed E-state index contributed by atoms with van der Waals surface area (Å²) in [5.74, 6) is 0.556. The van der Waals surface area contributed by atoms with Gasteiger partial charge in [-0.05, 0) is 26.2 Å². The number of hydrogen-bond acceptors (Lipinski definition) is 4. The second-order valence-corrected chi connectivity index (χ2v) is 5.83. The van der Waals surface area contributed by atoms with E-state index in [1.165, 1.54) is 4.68 Å². The first-order valence-corrected chi connectivity index (χ1v) is 8.00. The number of aryl methyl sites for hydroxylation is 1. The molecule has 122 valence electrons. The van der Waals surface area contributed by atoms with Crippen molar-refractivity contribution in [2.75, 3.05) is 17.7 Å². The molecule has 1 fully saturated rings. The van der Waals surface area contributed by atoms with Crippen LogP contribution in [-0.4, -0.2) is 45.8 Å². The molecule has 2 N–H and O–H groups in total. The minimum Gasteiger partial charge on any atom is -0.337 e. The van der Waals surface area contributed by atoms with Gasteiger partial charge in [-0.2, -0.15) is 14.8 Å². The zero-order chi connectivity index (χ0) is 16.4. The van der Waals surface area contributed by atoms with Crippen molar-refractivity contribution in [3.8, 4) is 0 Å². The highest BCUT2D eigenvalue weighted by Crippen LogP contribution is 2.27. The molecule has 2 aliphatic rings. The predicted molar refractivity (Wildman–Crippen MR) is 87.3 cm³/mol. The monoisotopic (exact) mass is 336 g/mol. The van der Waals surface area contributed by atoms with Crippen LogP contribution in [0.1, 0.15) is 25.0 Å². The van der Waals surface area contributed by atoms with Crippen LogP contribution < -0.4 is 10.6 Å². The molecule has 0 spiro atoms. The summed E-state index contributed by atoms with van der Waals surface area (Å²) in [6, 6.07) is 1.29. The molecule has 9 heteroatoms. The van der Waals surface area contributed by atoms with Crippen LogP contribution in [0.5, 0.6) is 0 Å². The summed E-state index contributed by atoms with van der Waals surface area (Å²) < 4.78 is 1.38. The van der Waals surface area contributed by atoms with Crippen molar-refractivity contribution in [1.82, 2.24) is 15.1 Å². The molecule has 0 saturated heterocycles. The number of carbonyl (C=O) groups is 2. The maximum absolute atomic E-state index is 12.1. The summed E-state index contributed by atoms with van der Waals surface area (Å²) >= 11 is 5.54. The molecule has 8 nitrogen and oxygen atoms in total.